The minimum atomic E-state index is -0.805. The maximum absolute atomic E-state index is 10.1. The molecule has 1 aromatic heterocycles. The fraction of sp³-hybridized carbons (Fsp3) is 0.583. The van der Waals surface area contributed by atoms with Crippen LogP contribution >= 0.6 is 0 Å². The molecule has 2 rings (SSSR count). The van der Waals surface area contributed by atoms with Gasteiger partial charge < -0.3 is 9.84 Å². The van der Waals surface area contributed by atoms with E-state index in [4.69, 9.17) is 4.74 Å². The molecule has 1 saturated heterocycles. The van der Waals surface area contributed by atoms with Crippen LogP contribution in [0.4, 0.5) is 0 Å². The molecule has 0 saturated carbocycles. The first kappa shape index (κ1) is 12.1. The van der Waals surface area contributed by atoms with Crippen LogP contribution in [0, 0.1) is 6.92 Å². The summed E-state index contributed by atoms with van der Waals surface area (Å²) in [7, 11) is 0. The number of aromatic nitrogens is 1. The average Bonchev–Trinajstić information content (AvgIpc) is 2.70. The Morgan fingerprint density at radius 1 is 1.40 bits per heavy atom. The van der Waals surface area contributed by atoms with Gasteiger partial charge in [0.2, 0.25) is 0 Å². The second kappa shape index (κ2) is 5.24. The summed E-state index contributed by atoms with van der Waals surface area (Å²) in [5, 5.41) is 10.1. The minimum Gasteiger partial charge on any atom is -0.383 e. The van der Waals surface area contributed by atoms with Crippen LogP contribution in [-0.2, 0) is 10.3 Å². The Labute approximate surface area is 91.1 Å². The van der Waals surface area contributed by atoms with Gasteiger partial charge in [-0.1, -0.05) is 19.9 Å². The van der Waals surface area contributed by atoms with Gasteiger partial charge in [0.15, 0.2) is 0 Å². The Hall–Kier alpha value is -0.930. The number of nitrogens with zero attached hydrogens (tertiary/aromatic N) is 1. The lowest BCUT2D eigenvalue weighted by Crippen LogP contribution is -2.25. The lowest BCUT2D eigenvalue weighted by atomic mass is 9.95. The first-order valence-electron chi connectivity index (χ1n) is 5.44. The minimum absolute atomic E-state index is 0.387. The number of aliphatic hydroxyl groups is 1. The van der Waals surface area contributed by atoms with Gasteiger partial charge in [-0.15, -0.1) is 0 Å². The summed E-state index contributed by atoms with van der Waals surface area (Å²) in [6.45, 7) is 6.95. The third-order valence-electron chi connectivity index (χ3n) is 2.45. The van der Waals surface area contributed by atoms with Crippen LogP contribution in [0.1, 0.15) is 31.5 Å². The van der Waals surface area contributed by atoms with E-state index in [1.165, 1.54) is 0 Å². The van der Waals surface area contributed by atoms with Crippen molar-refractivity contribution in [1.82, 2.24) is 4.98 Å². The molecule has 15 heavy (non-hydrogen) atoms. The van der Waals surface area contributed by atoms with Crippen molar-refractivity contribution < 1.29 is 9.84 Å². The van der Waals surface area contributed by atoms with Crippen LogP contribution in [0.3, 0.4) is 0 Å². The normalized spacial score (nSPS) is 24.5. The number of hydrogen-bond donors (Lipinski definition) is 1. The topological polar surface area (TPSA) is 42.4 Å². The van der Waals surface area contributed by atoms with Crippen LogP contribution in [0.5, 0.6) is 0 Å². The van der Waals surface area contributed by atoms with Crippen molar-refractivity contribution in [3.63, 3.8) is 0 Å². The smallest absolute Gasteiger partial charge is 0.117 e. The van der Waals surface area contributed by atoms with Crippen molar-refractivity contribution in [3.8, 4) is 0 Å². The summed E-state index contributed by atoms with van der Waals surface area (Å²) in [4.78, 5) is 4.15. The maximum Gasteiger partial charge on any atom is 0.117 e. The highest BCUT2D eigenvalue weighted by Crippen LogP contribution is 2.29. The van der Waals surface area contributed by atoms with Gasteiger partial charge in [-0.25, -0.2) is 0 Å². The van der Waals surface area contributed by atoms with Gasteiger partial charge in [0.05, 0.1) is 6.61 Å². The summed E-state index contributed by atoms with van der Waals surface area (Å²) < 4.78 is 5.17. The molecule has 84 valence electrons. The van der Waals surface area contributed by atoms with Gasteiger partial charge in [0, 0.05) is 30.5 Å². The molecule has 2 heterocycles. The molecular weight excluding hydrogens is 190 g/mol. The molecule has 0 amide bonds. The van der Waals surface area contributed by atoms with E-state index in [-0.39, 0.29) is 0 Å². The molecule has 3 nitrogen and oxygen atoms in total. The average molecular weight is 209 g/mol. The number of ether oxygens (including phenoxy) is 1. The highest BCUT2D eigenvalue weighted by Gasteiger charge is 2.34. The standard InChI is InChI=1S/C10H13NO2.C2H6/c1-8-2-3-9(6-11-8)10(12)4-5-13-7-10;1-2/h2-3,6,12H,4-5,7H2,1H3;1-2H3. The van der Waals surface area contributed by atoms with Gasteiger partial charge in [0.25, 0.3) is 0 Å². The van der Waals surface area contributed by atoms with Gasteiger partial charge >= 0.3 is 0 Å². The number of pyridine rings is 1. The van der Waals surface area contributed by atoms with Crippen LogP contribution in [0.2, 0.25) is 0 Å². The van der Waals surface area contributed by atoms with Crippen molar-refractivity contribution in [3.05, 3.63) is 29.6 Å². The maximum atomic E-state index is 10.1. The third kappa shape index (κ3) is 2.76. The monoisotopic (exact) mass is 209 g/mol. The molecule has 1 unspecified atom stereocenters. The van der Waals surface area contributed by atoms with Crippen LogP contribution in [0.25, 0.3) is 0 Å². The first-order valence-corrected chi connectivity index (χ1v) is 5.44. The second-order valence-corrected chi connectivity index (χ2v) is 3.52. The SMILES string of the molecule is CC.Cc1ccc(C2(O)CCOC2)cn1. The van der Waals surface area contributed by atoms with E-state index in [1.807, 2.05) is 32.9 Å². The largest absolute Gasteiger partial charge is 0.383 e. The summed E-state index contributed by atoms with van der Waals surface area (Å²) in [6, 6.07) is 3.82. The summed E-state index contributed by atoms with van der Waals surface area (Å²) in [6.07, 6.45) is 2.39. The van der Waals surface area contributed by atoms with Gasteiger partial charge in [-0.2, -0.15) is 0 Å². The molecule has 1 aromatic rings. The van der Waals surface area contributed by atoms with Gasteiger partial charge in [-0.3, -0.25) is 4.98 Å². The molecule has 1 aliphatic rings. The molecule has 0 radical (unpaired) electrons. The van der Waals surface area contributed by atoms with E-state index in [1.54, 1.807) is 6.20 Å². The quantitative estimate of drug-likeness (QED) is 0.769. The van der Waals surface area contributed by atoms with E-state index < -0.39 is 5.60 Å². The van der Waals surface area contributed by atoms with E-state index in [0.717, 1.165) is 11.3 Å². The van der Waals surface area contributed by atoms with E-state index in [0.29, 0.717) is 19.6 Å². The zero-order chi connectivity index (χ0) is 11.3. The molecule has 3 heteroatoms. The van der Waals surface area contributed by atoms with Crippen LogP contribution in [-0.4, -0.2) is 23.3 Å². The van der Waals surface area contributed by atoms with Crippen molar-refractivity contribution >= 4 is 0 Å². The molecule has 1 fully saturated rings. The molecule has 1 atom stereocenters. The lowest BCUT2D eigenvalue weighted by Gasteiger charge is -2.20. The summed E-state index contributed by atoms with van der Waals surface area (Å²) in [5.74, 6) is 0. The fourth-order valence-corrected chi connectivity index (χ4v) is 1.52. The Morgan fingerprint density at radius 3 is 2.60 bits per heavy atom. The zero-order valence-corrected chi connectivity index (χ0v) is 9.66. The predicted octanol–water partition coefficient (Wildman–Crippen LogP) is 2.02. The number of aryl methyl sites for hydroxylation is 1. The van der Waals surface area contributed by atoms with Crippen molar-refractivity contribution in [2.24, 2.45) is 0 Å². The molecular formula is C12H19NO2. The molecule has 0 spiro atoms. The predicted molar refractivity (Wildman–Crippen MR) is 59.7 cm³/mol. The number of rotatable bonds is 1. The second-order valence-electron chi connectivity index (χ2n) is 3.52. The Balaban J connectivity index is 0.000000531. The van der Waals surface area contributed by atoms with Gasteiger partial charge in [-0.05, 0) is 13.0 Å². The van der Waals surface area contributed by atoms with Crippen molar-refractivity contribution in [2.45, 2.75) is 32.8 Å². The van der Waals surface area contributed by atoms with Gasteiger partial charge in [0.1, 0.15) is 5.60 Å². The Kier molecular flexibility index (Phi) is 4.24. The van der Waals surface area contributed by atoms with Crippen LogP contribution < -0.4 is 0 Å². The van der Waals surface area contributed by atoms with E-state index in [9.17, 15) is 5.11 Å². The molecule has 0 aliphatic carbocycles. The molecule has 0 aromatic carbocycles. The fourth-order valence-electron chi connectivity index (χ4n) is 1.52. The van der Waals surface area contributed by atoms with E-state index in [2.05, 4.69) is 4.98 Å². The van der Waals surface area contributed by atoms with Crippen molar-refractivity contribution in [2.75, 3.05) is 13.2 Å². The van der Waals surface area contributed by atoms with Crippen LogP contribution in [0.15, 0.2) is 18.3 Å². The summed E-state index contributed by atoms with van der Waals surface area (Å²) in [5.41, 5.74) is 1.02. The highest BCUT2D eigenvalue weighted by atomic mass is 16.5. The summed E-state index contributed by atoms with van der Waals surface area (Å²) >= 11 is 0. The van der Waals surface area contributed by atoms with Crippen molar-refractivity contribution in [1.29, 1.82) is 0 Å². The molecule has 1 aliphatic heterocycles. The molecule has 1 N–H and O–H groups in total. The molecule has 0 bridgehead atoms. The third-order valence-corrected chi connectivity index (χ3v) is 2.45. The highest BCUT2D eigenvalue weighted by molar-refractivity contribution is 5.21. The number of hydrogen-bond acceptors (Lipinski definition) is 3. The Morgan fingerprint density at radius 2 is 2.13 bits per heavy atom. The zero-order valence-electron chi connectivity index (χ0n) is 9.66. The first-order chi connectivity index (χ1) is 7.21. The lowest BCUT2D eigenvalue weighted by molar-refractivity contribution is 0.0229. The van der Waals surface area contributed by atoms with E-state index >= 15 is 0 Å². The Bertz CT molecular complexity index is 289.